The second-order valence-corrected chi connectivity index (χ2v) is 20.2. The first kappa shape index (κ1) is 50.0. The standard InChI is InChI=1S/C51H72N6O9/c1-32(2)38-30-35(48(62)56(8)24-14-22-54(6)21-13-23-55(7)44(58)17-12-18-45(59)60)19-20-40(38)57-41(46-42(64-9)15-11-16-43(46)65-10)31-39(53-57)47(61)52-51(49(63)66-50(3,4)5)36-26-33-25-34(28-36)29-37(51)27-33/h11,15-16,19-20,30-34,36-37H,12-14,17-18,21-29H2,1-10H3,(H,52,61)(H,59,60). The minimum Gasteiger partial charge on any atom is -0.496 e. The van der Waals surface area contributed by atoms with Crippen molar-refractivity contribution < 1.29 is 43.3 Å². The topological polar surface area (TPSA) is 173 Å². The lowest BCUT2D eigenvalue weighted by Crippen LogP contribution is -2.71. The van der Waals surface area contributed by atoms with E-state index in [-0.39, 0.29) is 54.1 Å². The maximum atomic E-state index is 14.8. The highest BCUT2D eigenvalue weighted by molar-refractivity contribution is 5.99. The maximum absolute atomic E-state index is 14.8. The maximum Gasteiger partial charge on any atom is 0.332 e. The van der Waals surface area contributed by atoms with E-state index in [0.717, 1.165) is 57.2 Å². The number of carboxylic acid groups (broad SMARTS) is 1. The van der Waals surface area contributed by atoms with Crippen LogP contribution in [0.25, 0.3) is 16.9 Å². The Morgan fingerprint density at radius 1 is 0.818 bits per heavy atom. The van der Waals surface area contributed by atoms with E-state index in [9.17, 15) is 24.0 Å². The molecule has 360 valence electrons. The average Bonchev–Trinajstić information content (AvgIpc) is 3.70. The van der Waals surface area contributed by atoms with Crippen LogP contribution >= 0.6 is 0 Å². The van der Waals surface area contributed by atoms with Gasteiger partial charge in [-0.15, -0.1) is 0 Å². The number of rotatable bonds is 21. The van der Waals surface area contributed by atoms with E-state index in [1.807, 2.05) is 58.2 Å². The quantitative estimate of drug-likeness (QED) is 0.102. The third-order valence-electron chi connectivity index (χ3n) is 13.9. The second kappa shape index (κ2) is 21.0. The third kappa shape index (κ3) is 11.2. The fraction of sp³-hybridized carbons (Fsp3) is 0.608. The molecule has 4 saturated carbocycles. The SMILES string of the molecule is COc1cccc(OC)c1-c1cc(C(=O)NC2(C(=O)OC(C)(C)C)C3CC4CC(C3)CC2C4)nn1-c1ccc(C(=O)N(C)CCCN(C)CCCN(C)C(=O)CCCC(=O)O)cc1C(C)C. The monoisotopic (exact) mass is 913 g/mol. The summed E-state index contributed by atoms with van der Waals surface area (Å²) >= 11 is 0. The molecule has 15 nitrogen and oxygen atoms in total. The average molecular weight is 913 g/mol. The Kier molecular flexibility index (Phi) is 15.9. The minimum absolute atomic E-state index is 0.0131. The van der Waals surface area contributed by atoms with E-state index in [1.165, 1.54) is 6.42 Å². The van der Waals surface area contributed by atoms with Crippen LogP contribution in [0.3, 0.4) is 0 Å². The van der Waals surface area contributed by atoms with Crippen molar-refractivity contribution in [2.75, 3.05) is 61.5 Å². The molecular formula is C51H72N6O9. The summed E-state index contributed by atoms with van der Waals surface area (Å²) < 4.78 is 19.6. The van der Waals surface area contributed by atoms with E-state index in [4.69, 9.17) is 24.4 Å². The summed E-state index contributed by atoms with van der Waals surface area (Å²) in [5.41, 5.74) is 1.41. The van der Waals surface area contributed by atoms with Crippen molar-refractivity contribution in [1.82, 2.24) is 29.8 Å². The van der Waals surface area contributed by atoms with Crippen LogP contribution in [0.5, 0.6) is 11.5 Å². The van der Waals surface area contributed by atoms with Crippen molar-refractivity contribution >= 4 is 29.7 Å². The zero-order valence-electron chi connectivity index (χ0n) is 40.8. The Hall–Kier alpha value is -5.44. The number of aliphatic carboxylic acids is 1. The number of hydrogen-bond acceptors (Lipinski definition) is 10. The molecule has 0 radical (unpaired) electrons. The second-order valence-electron chi connectivity index (χ2n) is 20.2. The van der Waals surface area contributed by atoms with E-state index >= 15 is 0 Å². The van der Waals surface area contributed by atoms with Gasteiger partial charge in [0, 0.05) is 45.6 Å². The van der Waals surface area contributed by atoms with E-state index in [1.54, 1.807) is 54.9 Å². The summed E-state index contributed by atoms with van der Waals surface area (Å²) in [6.07, 6.45) is 6.76. The zero-order valence-corrected chi connectivity index (χ0v) is 40.8. The molecule has 7 rings (SSSR count). The highest BCUT2D eigenvalue weighted by Crippen LogP contribution is 2.59. The number of nitrogens with one attached hydrogen (secondary N) is 1. The van der Waals surface area contributed by atoms with Crippen LogP contribution in [0.4, 0.5) is 0 Å². The lowest BCUT2D eigenvalue weighted by atomic mass is 9.48. The fourth-order valence-electron chi connectivity index (χ4n) is 10.7. The summed E-state index contributed by atoms with van der Waals surface area (Å²) in [7, 11) is 8.73. The van der Waals surface area contributed by atoms with Gasteiger partial charge in [-0.25, -0.2) is 9.48 Å². The van der Waals surface area contributed by atoms with Gasteiger partial charge >= 0.3 is 11.9 Å². The van der Waals surface area contributed by atoms with E-state index in [2.05, 4.69) is 24.1 Å². The third-order valence-corrected chi connectivity index (χ3v) is 13.9. The summed E-state index contributed by atoms with van der Waals surface area (Å²) in [4.78, 5) is 71.9. The number of amides is 3. The molecule has 2 aromatic carbocycles. The zero-order chi connectivity index (χ0) is 48.1. The van der Waals surface area contributed by atoms with Gasteiger partial charge in [0.1, 0.15) is 22.6 Å². The molecule has 2 N–H and O–H groups in total. The Labute approximate surface area is 390 Å². The molecule has 0 unspecified atom stereocenters. The molecule has 15 heteroatoms. The van der Waals surface area contributed by atoms with Crippen molar-refractivity contribution in [3.63, 3.8) is 0 Å². The summed E-state index contributed by atoms with van der Waals surface area (Å²) in [6.45, 7) is 12.3. The van der Waals surface area contributed by atoms with Crippen LogP contribution in [0, 0.1) is 23.7 Å². The molecule has 3 amide bonds. The van der Waals surface area contributed by atoms with Crippen LogP contribution in [-0.2, 0) is 19.1 Å². The largest absolute Gasteiger partial charge is 0.496 e. The molecule has 4 aliphatic rings. The fourth-order valence-corrected chi connectivity index (χ4v) is 10.7. The predicted molar refractivity (Wildman–Crippen MR) is 252 cm³/mol. The predicted octanol–water partition coefficient (Wildman–Crippen LogP) is 7.44. The Morgan fingerprint density at radius 2 is 1.41 bits per heavy atom. The van der Waals surface area contributed by atoms with Crippen molar-refractivity contribution in [1.29, 1.82) is 0 Å². The summed E-state index contributed by atoms with van der Waals surface area (Å²) in [5, 5.41) is 17.2. The molecule has 4 bridgehead atoms. The Morgan fingerprint density at radius 3 is 1.95 bits per heavy atom. The first-order valence-electron chi connectivity index (χ1n) is 23.7. The number of hydrogen-bond donors (Lipinski definition) is 2. The first-order valence-corrected chi connectivity index (χ1v) is 23.7. The van der Waals surface area contributed by atoms with Crippen LogP contribution in [0.1, 0.15) is 131 Å². The Bertz CT molecular complexity index is 2190. The van der Waals surface area contributed by atoms with Gasteiger partial charge in [-0.3, -0.25) is 19.2 Å². The lowest BCUT2D eigenvalue weighted by molar-refractivity contribution is -0.180. The normalized spacial score (nSPS) is 20.9. The number of esters is 1. The summed E-state index contributed by atoms with van der Waals surface area (Å²) in [6, 6.07) is 12.8. The molecular weight excluding hydrogens is 841 g/mol. The van der Waals surface area contributed by atoms with Gasteiger partial charge < -0.3 is 39.3 Å². The number of carboxylic acids is 1. The molecule has 0 aliphatic heterocycles. The molecule has 3 aromatic rings. The van der Waals surface area contributed by atoms with E-state index < -0.39 is 23.0 Å². The smallest absolute Gasteiger partial charge is 0.332 e. The number of ether oxygens (including phenoxy) is 3. The number of benzene rings is 2. The number of methoxy groups -OCH3 is 2. The van der Waals surface area contributed by atoms with Gasteiger partial charge in [-0.2, -0.15) is 5.10 Å². The molecule has 1 aromatic heterocycles. The highest BCUT2D eigenvalue weighted by Gasteiger charge is 2.63. The van der Waals surface area contributed by atoms with Crippen LogP contribution in [-0.4, -0.2) is 132 Å². The molecule has 0 saturated heterocycles. The molecule has 0 atom stereocenters. The van der Waals surface area contributed by atoms with Crippen LogP contribution in [0.2, 0.25) is 0 Å². The molecule has 4 fully saturated rings. The van der Waals surface area contributed by atoms with Gasteiger partial charge in [-0.1, -0.05) is 19.9 Å². The number of aromatic nitrogens is 2. The molecule has 4 aliphatic carbocycles. The van der Waals surface area contributed by atoms with Crippen LogP contribution < -0.4 is 14.8 Å². The van der Waals surface area contributed by atoms with Crippen LogP contribution in [0.15, 0.2) is 42.5 Å². The molecule has 66 heavy (non-hydrogen) atoms. The van der Waals surface area contributed by atoms with Gasteiger partial charge in [0.25, 0.3) is 11.8 Å². The number of carbonyl (C=O) groups is 5. The first-order chi connectivity index (χ1) is 31.3. The van der Waals surface area contributed by atoms with Gasteiger partial charge in [0.2, 0.25) is 5.91 Å². The molecule has 0 spiro atoms. The van der Waals surface area contributed by atoms with Crippen molar-refractivity contribution in [2.45, 2.75) is 116 Å². The van der Waals surface area contributed by atoms with Crippen molar-refractivity contribution in [2.24, 2.45) is 23.7 Å². The van der Waals surface area contributed by atoms with E-state index in [0.29, 0.717) is 65.4 Å². The van der Waals surface area contributed by atoms with Crippen molar-refractivity contribution in [3.05, 3.63) is 59.3 Å². The summed E-state index contributed by atoms with van der Waals surface area (Å²) in [5.74, 6) is 0.132. The Balaban J connectivity index is 1.23. The highest BCUT2D eigenvalue weighted by atomic mass is 16.6. The van der Waals surface area contributed by atoms with Crippen molar-refractivity contribution in [3.8, 4) is 28.4 Å². The lowest BCUT2D eigenvalue weighted by Gasteiger charge is -2.59. The van der Waals surface area contributed by atoms with Gasteiger partial charge in [-0.05, 0) is 164 Å². The number of nitrogens with zero attached hydrogens (tertiary/aromatic N) is 5. The minimum atomic E-state index is -1.17. The van der Waals surface area contributed by atoms with Gasteiger partial charge in [0.05, 0.1) is 31.2 Å². The van der Waals surface area contributed by atoms with Gasteiger partial charge in [0.15, 0.2) is 5.69 Å². The number of carbonyl (C=O) groups excluding carboxylic acids is 4. The molecule has 1 heterocycles.